The van der Waals surface area contributed by atoms with Crippen LogP contribution in [0.2, 0.25) is 0 Å². The van der Waals surface area contributed by atoms with Crippen LogP contribution in [-0.2, 0) is 4.79 Å². The van der Waals surface area contributed by atoms with Crippen molar-refractivity contribution in [3.05, 3.63) is 0 Å². The summed E-state index contributed by atoms with van der Waals surface area (Å²) in [6, 6.07) is 0.484. The third-order valence-electron chi connectivity index (χ3n) is 4.91. The Bertz CT molecular complexity index is 316. The Morgan fingerprint density at radius 1 is 1.28 bits per heavy atom. The molecule has 0 bridgehead atoms. The molecule has 1 aliphatic carbocycles. The summed E-state index contributed by atoms with van der Waals surface area (Å²) in [4.78, 5) is 14.8. The van der Waals surface area contributed by atoms with E-state index in [1.165, 1.54) is 25.7 Å². The fraction of sp³-hybridized carbons (Fsp3) is 0.933. The monoisotopic (exact) mass is 271 g/mol. The molecule has 0 aromatic rings. The Morgan fingerprint density at radius 3 is 2.61 bits per heavy atom. The minimum atomic E-state index is -0.413. The largest absolute Gasteiger partial charge is 0.339 e. The fourth-order valence-electron chi connectivity index (χ4n) is 3.61. The maximum atomic E-state index is 12.7. The molecule has 1 heterocycles. The highest BCUT2D eigenvalue weighted by molar-refractivity contribution is 6.19. The van der Waals surface area contributed by atoms with Crippen LogP contribution in [0.25, 0.3) is 0 Å². The highest BCUT2D eigenvalue weighted by Crippen LogP contribution is 2.40. The van der Waals surface area contributed by atoms with Gasteiger partial charge in [-0.15, -0.1) is 11.6 Å². The summed E-state index contributed by atoms with van der Waals surface area (Å²) in [5, 5.41) is 0. The lowest BCUT2D eigenvalue weighted by Gasteiger charge is -2.49. The van der Waals surface area contributed by atoms with E-state index < -0.39 is 5.41 Å². The van der Waals surface area contributed by atoms with Gasteiger partial charge in [0.2, 0.25) is 5.91 Å². The minimum Gasteiger partial charge on any atom is -0.339 e. The van der Waals surface area contributed by atoms with Gasteiger partial charge in [0.25, 0.3) is 0 Å². The van der Waals surface area contributed by atoms with Gasteiger partial charge >= 0.3 is 0 Å². The molecule has 3 unspecified atom stereocenters. The molecule has 2 aliphatic rings. The molecule has 104 valence electrons. The molecule has 0 aromatic carbocycles. The van der Waals surface area contributed by atoms with Crippen molar-refractivity contribution in [2.24, 2.45) is 17.3 Å². The molecule has 3 heteroatoms. The van der Waals surface area contributed by atoms with Crippen LogP contribution in [0.4, 0.5) is 0 Å². The average molecular weight is 272 g/mol. The number of piperidine rings is 1. The molecule has 0 aromatic heterocycles. The van der Waals surface area contributed by atoms with E-state index in [1.54, 1.807) is 0 Å². The molecule has 18 heavy (non-hydrogen) atoms. The second-order valence-corrected chi connectivity index (χ2v) is 7.06. The predicted molar refractivity (Wildman–Crippen MR) is 75.7 cm³/mol. The predicted octanol–water partition coefficient (Wildman–Crippen LogP) is 3.68. The van der Waals surface area contributed by atoms with Crippen LogP contribution in [0.3, 0.4) is 0 Å². The highest BCUT2D eigenvalue weighted by Gasteiger charge is 2.42. The van der Waals surface area contributed by atoms with Crippen molar-refractivity contribution in [1.29, 1.82) is 0 Å². The van der Waals surface area contributed by atoms with E-state index in [0.29, 0.717) is 11.9 Å². The Labute approximate surface area is 116 Å². The Morgan fingerprint density at radius 2 is 1.94 bits per heavy atom. The van der Waals surface area contributed by atoms with Gasteiger partial charge in [0.1, 0.15) is 0 Å². The van der Waals surface area contributed by atoms with E-state index in [1.807, 2.05) is 13.8 Å². The number of fused-ring (bicyclic) bond motifs is 1. The number of likely N-dealkylation sites (tertiary alicyclic amines) is 1. The molecule has 1 amide bonds. The molecule has 0 radical (unpaired) electrons. The number of halogens is 1. The van der Waals surface area contributed by atoms with Gasteiger partial charge in [-0.3, -0.25) is 4.79 Å². The standard InChI is InChI=1S/C15H26ClNO/c1-11-8-9-17(14(18)15(2,3)10-16)13-7-5-4-6-12(11)13/h11-13H,4-10H2,1-3H3. The first kappa shape index (κ1) is 14.2. The number of amides is 1. The van der Waals surface area contributed by atoms with Crippen molar-refractivity contribution in [3.63, 3.8) is 0 Å². The molecule has 3 atom stereocenters. The van der Waals surface area contributed by atoms with E-state index in [2.05, 4.69) is 11.8 Å². The topological polar surface area (TPSA) is 20.3 Å². The molecule has 2 fully saturated rings. The first-order valence-corrected chi connectivity index (χ1v) is 7.88. The first-order chi connectivity index (χ1) is 8.47. The number of carbonyl (C=O) groups is 1. The summed E-state index contributed by atoms with van der Waals surface area (Å²) in [6.45, 7) is 7.23. The Hall–Kier alpha value is -0.240. The van der Waals surface area contributed by atoms with Crippen molar-refractivity contribution in [2.75, 3.05) is 12.4 Å². The van der Waals surface area contributed by atoms with Gasteiger partial charge in [-0.1, -0.05) is 19.8 Å². The van der Waals surface area contributed by atoms with E-state index in [4.69, 9.17) is 11.6 Å². The van der Waals surface area contributed by atoms with E-state index in [-0.39, 0.29) is 5.91 Å². The summed E-state index contributed by atoms with van der Waals surface area (Å²) in [5.74, 6) is 2.18. The fourth-order valence-corrected chi connectivity index (χ4v) is 3.73. The maximum absolute atomic E-state index is 12.7. The SMILES string of the molecule is CC1CCN(C(=O)C(C)(C)CCl)C2CCCCC12. The van der Waals surface area contributed by atoms with Gasteiger partial charge in [-0.2, -0.15) is 0 Å². The van der Waals surface area contributed by atoms with Gasteiger partial charge in [-0.25, -0.2) is 0 Å². The zero-order chi connectivity index (χ0) is 13.3. The van der Waals surface area contributed by atoms with Crippen LogP contribution in [0, 0.1) is 17.3 Å². The van der Waals surface area contributed by atoms with Gasteiger partial charge in [-0.05, 0) is 44.9 Å². The van der Waals surface area contributed by atoms with E-state index in [9.17, 15) is 4.79 Å². The molecule has 1 saturated heterocycles. The van der Waals surface area contributed by atoms with Crippen LogP contribution in [0.15, 0.2) is 0 Å². The van der Waals surface area contributed by atoms with E-state index in [0.717, 1.165) is 24.8 Å². The Balaban J connectivity index is 2.15. The number of rotatable bonds is 2. The number of carbonyl (C=O) groups excluding carboxylic acids is 1. The van der Waals surface area contributed by atoms with Gasteiger partial charge in [0.05, 0.1) is 5.41 Å². The highest BCUT2D eigenvalue weighted by atomic mass is 35.5. The molecular weight excluding hydrogens is 246 g/mol. The normalized spacial score (nSPS) is 33.1. The van der Waals surface area contributed by atoms with Crippen LogP contribution in [0.5, 0.6) is 0 Å². The van der Waals surface area contributed by atoms with Crippen molar-refractivity contribution in [3.8, 4) is 0 Å². The summed E-state index contributed by atoms with van der Waals surface area (Å²) in [7, 11) is 0. The maximum Gasteiger partial charge on any atom is 0.229 e. The molecular formula is C15H26ClNO. The van der Waals surface area contributed by atoms with Crippen LogP contribution in [-0.4, -0.2) is 29.3 Å². The zero-order valence-electron chi connectivity index (χ0n) is 11.9. The molecule has 1 aliphatic heterocycles. The zero-order valence-corrected chi connectivity index (χ0v) is 12.7. The van der Waals surface area contributed by atoms with Gasteiger partial charge in [0, 0.05) is 18.5 Å². The lowest BCUT2D eigenvalue weighted by atomic mass is 9.72. The summed E-state index contributed by atoms with van der Waals surface area (Å²) in [6.07, 6.45) is 6.27. The van der Waals surface area contributed by atoms with E-state index >= 15 is 0 Å². The third-order valence-corrected chi connectivity index (χ3v) is 5.58. The average Bonchev–Trinajstić information content (AvgIpc) is 2.39. The summed E-state index contributed by atoms with van der Waals surface area (Å²) in [5.41, 5.74) is -0.413. The first-order valence-electron chi connectivity index (χ1n) is 7.34. The van der Waals surface area contributed by atoms with Crippen molar-refractivity contribution in [2.45, 2.75) is 58.9 Å². The van der Waals surface area contributed by atoms with Crippen molar-refractivity contribution in [1.82, 2.24) is 4.90 Å². The summed E-state index contributed by atoms with van der Waals surface area (Å²) >= 11 is 5.96. The quantitative estimate of drug-likeness (QED) is 0.702. The van der Waals surface area contributed by atoms with Crippen LogP contribution < -0.4 is 0 Å². The molecule has 1 saturated carbocycles. The lowest BCUT2D eigenvalue weighted by molar-refractivity contribution is -0.147. The number of hydrogen-bond acceptors (Lipinski definition) is 1. The second kappa shape index (κ2) is 5.40. The molecule has 2 nitrogen and oxygen atoms in total. The molecule has 0 spiro atoms. The molecule has 2 rings (SSSR count). The van der Waals surface area contributed by atoms with Crippen molar-refractivity contribution < 1.29 is 4.79 Å². The molecule has 0 N–H and O–H groups in total. The third kappa shape index (κ3) is 2.54. The second-order valence-electron chi connectivity index (χ2n) is 6.80. The van der Waals surface area contributed by atoms with Crippen LogP contribution >= 0.6 is 11.6 Å². The van der Waals surface area contributed by atoms with Crippen molar-refractivity contribution >= 4 is 17.5 Å². The van der Waals surface area contributed by atoms with Gasteiger partial charge in [0.15, 0.2) is 0 Å². The smallest absolute Gasteiger partial charge is 0.229 e. The minimum absolute atomic E-state index is 0.265. The number of nitrogens with zero attached hydrogens (tertiary/aromatic N) is 1. The lowest BCUT2D eigenvalue weighted by Crippen LogP contribution is -2.55. The summed E-state index contributed by atoms with van der Waals surface area (Å²) < 4.78 is 0. The number of alkyl halides is 1. The van der Waals surface area contributed by atoms with Crippen LogP contribution in [0.1, 0.15) is 52.9 Å². The van der Waals surface area contributed by atoms with Gasteiger partial charge < -0.3 is 4.90 Å². The number of hydrogen-bond donors (Lipinski definition) is 0. The Kier molecular flexibility index (Phi) is 4.25.